The van der Waals surface area contributed by atoms with E-state index in [9.17, 15) is 8.42 Å². The van der Waals surface area contributed by atoms with Crippen molar-refractivity contribution in [2.24, 2.45) is 5.84 Å². The van der Waals surface area contributed by atoms with Crippen LogP contribution in [0.25, 0.3) is 0 Å². The van der Waals surface area contributed by atoms with Crippen molar-refractivity contribution in [3.8, 4) is 0 Å². The lowest BCUT2D eigenvalue weighted by atomic mass is 10.2. The summed E-state index contributed by atoms with van der Waals surface area (Å²) in [7, 11) is -3.69. The van der Waals surface area contributed by atoms with Crippen molar-refractivity contribution in [2.45, 2.75) is 11.8 Å². The van der Waals surface area contributed by atoms with E-state index >= 15 is 0 Å². The van der Waals surface area contributed by atoms with Crippen LogP contribution in [0.4, 0.5) is 11.6 Å². The maximum Gasteiger partial charge on any atom is 0.264 e. The second-order valence-electron chi connectivity index (χ2n) is 3.86. The summed E-state index contributed by atoms with van der Waals surface area (Å²) in [6.45, 7) is 1.92. The number of hydrogen-bond donors (Lipinski definition) is 3. The van der Waals surface area contributed by atoms with Gasteiger partial charge in [0.25, 0.3) is 10.0 Å². The van der Waals surface area contributed by atoms with Crippen molar-refractivity contribution in [1.82, 2.24) is 9.97 Å². The molecule has 0 saturated carbocycles. The quantitative estimate of drug-likeness (QED) is 0.566. The molecular weight excluding hydrogens is 266 g/mol. The Labute approximate surface area is 110 Å². The third-order valence-corrected chi connectivity index (χ3v) is 3.71. The minimum absolute atomic E-state index is 0.0351. The normalized spacial score (nSPS) is 11.1. The number of hydrazine groups is 1. The number of hydrogen-bond acceptors (Lipinski definition) is 6. The van der Waals surface area contributed by atoms with E-state index in [0.29, 0.717) is 5.69 Å². The van der Waals surface area contributed by atoms with Gasteiger partial charge in [-0.1, -0.05) is 17.7 Å². The molecule has 1 aromatic carbocycles. The van der Waals surface area contributed by atoms with Crippen molar-refractivity contribution in [3.63, 3.8) is 0 Å². The van der Waals surface area contributed by atoms with Gasteiger partial charge in [-0.05, 0) is 19.1 Å². The molecule has 8 heteroatoms. The lowest BCUT2D eigenvalue weighted by Crippen LogP contribution is -2.15. The first-order chi connectivity index (χ1) is 9.01. The summed E-state index contributed by atoms with van der Waals surface area (Å²) in [5.74, 6) is 5.25. The molecule has 1 aromatic heterocycles. The summed E-state index contributed by atoms with van der Waals surface area (Å²) in [6.07, 6.45) is 2.36. The molecule has 0 atom stereocenters. The number of nitrogens with two attached hydrogens (primary N) is 1. The Balaban J connectivity index is 2.24. The predicted molar refractivity (Wildman–Crippen MR) is 71.8 cm³/mol. The first-order valence-corrected chi connectivity index (χ1v) is 6.88. The third-order valence-electron chi connectivity index (χ3n) is 2.37. The number of nitrogen functional groups attached to an aromatic ring is 1. The first kappa shape index (κ1) is 13.2. The summed E-state index contributed by atoms with van der Waals surface area (Å²) in [4.78, 5) is 7.47. The van der Waals surface area contributed by atoms with Crippen molar-refractivity contribution in [3.05, 3.63) is 42.2 Å². The number of nitrogens with zero attached hydrogens (tertiary/aromatic N) is 2. The van der Waals surface area contributed by atoms with Gasteiger partial charge in [-0.3, -0.25) is 10.1 Å². The van der Waals surface area contributed by atoms with Crippen LogP contribution in [-0.2, 0) is 10.0 Å². The van der Waals surface area contributed by atoms with Gasteiger partial charge in [-0.25, -0.2) is 24.2 Å². The number of benzene rings is 1. The van der Waals surface area contributed by atoms with Gasteiger partial charge >= 0.3 is 0 Å². The highest BCUT2D eigenvalue weighted by molar-refractivity contribution is 7.92. The van der Waals surface area contributed by atoms with Gasteiger partial charge in [-0.2, -0.15) is 0 Å². The average Bonchev–Trinajstić information content (AvgIpc) is 2.41. The zero-order chi connectivity index (χ0) is 13.9. The van der Waals surface area contributed by atoms with Crippen molar-refractivity contribution < 1.29 is 8.42 Å². The molecule has 100 valence electrons. The number of anilines is 2. The van der Waals surface area contributed by atoms with Crippen molar-refractivity contribution >= 4 is 21.7 Å². The number of rotatable bonds is 4. The van der Waals surface area contributed by atoms with Crippen LogP contribution in [0.3, 0.4) is 0 Å². The van der Waals surface area contributed by atoms with Crippen LogP contribution in [-0.4, -0.2) is 18.4 Å². The molecule has 0 unspecified atom stereocenters. The second-order valence-corrected chi connectivity index (χ2v) is 5.54. The van der Waals surface area contributed by atoms with Crippen LogP contribution >= 0.6 is 0 Å². The Morgan fingerprint density at radius 3 is 2.21 bits per heavy atom. The van der Waals surface area contributed by atoms with E-state index in [1.165, 1.54) is 12.4 Å². The summed E-state index contributed by atoms with van der Waals surface area (Å²) in [5, 5.41) is 0. The van der Waals surface area contributed by atoms with Crippen LogP contribution in [0.2, 0.25) is 0 Å². The minimum atomic E-state index is -3.69. The highest BCUT2D eigenvalue weighted by Crippen LogP contribution is 2.15. The van der Waals surface area contributed by atoms with Gasteiger partial charge in [0.2, 0.25) is 5.95 Å². The predicted octanol–water partition coefficient (Wildman–Crippen LogP) is 0.871. The Morgan fingerprint density at radius 1 is 1.11 bits per heavy atom. The molecule has 7 nitrogen and oxygen atoms in total. The van der Waals surface area contributed by atoms with Crippen LogP contribution < -0.4 is 16.0 Å². The molecule has 19 heavy (non-hydrogen) atoms. The second kappa shape index (κ2) is 5.21. The summed E-state index contributed by atoms with van der Waals surface area (Å²) >= 11 is 0. The molecule has 0 bridgehead atoms. The van der Waals surface area contributed by atoms with E-state index in [1.54, 1.807) is 12.1 Å². The molecule has 0 radical (unpaired) electrons. The van der Waals surface area contributed by atoms with Gasteiger partial charge in [0.15, 0.2) is 0 Å². The van der Waals surface area contributed by atoms with Crippen LogP contribution in [0, 0.1) is 6.92 Å². The van der Waals surface area contributed by atoms with Gasteiger partial charge in [0, 0.05) is 5.69 Å². The van der Waals surface area contributed by atoms with Crippen LogP contribution in [0.5, 0.6) is 0 Å². The lowest BCUT2D eigenvalue weighted by Gasteiger charge is -2.08. The number of aryl methyl sites for hydroxylation is 1. The summed E-state index contributed by atoms with van der Waals surface area (Å²) in [6, 6.07) is 7.00. The largest absolute Gasteiger partial charge is 0.292 e. The number of sulfonamides is 1. The van der Waals surface area contributed by atoms with Gasteiger partial charge in [-0.15, -0.1) is 0 Å². The lowest BCUT2D eigenvalue weighted by molar-refractivity contribution is 0.600. The average molecular weight is 279 g/mol. The molecule has 4 N–H and O–H groups in total. The molecule has 1 heterocycles. The maximum atomic E-state index is 12.0. The van der Waals surface area contributed by atoms with Crippen LogP contribution in [0.1, 0.15) is 5.56 Å². The third kappa shape index (κ3) is 3.18. The van der Waals surface area contributed by atoms with E-state index in [2.05, 4.69) is 20.1 Å². The standard InChI is InChI=1S/C11H13N5O2S/c1-8-2-4-9(5-3-8)16-19(17,18)10-6-13-11(15-12)14-7-10/h2-7,16H,12H2,1H3,(H,13,14,15). The molecular formula is C11H13N5O2S. The number of nitrogens with one attached hydrogen (secondary N) is 2. The van der Waals surface area contributed by atoms with Gasteiger partial charge in [0.05, 0.1) is 12.4 Å². The van der Waals surface area contributed by atoms with Crippen molar-refractivity contribution in [2.75, 3.05) is 10.1 Å². The van der Waals surface area contributed by atoms with Gasteiger partial charge in [0.1, 0.15) is 4.90 Å². The molecule has 2 aromatic rings. The van der Waals surface area contributed by atoms with E-state index in [0.717, 1.165) is 5.56 Å². The zero-order valence-electron chi connectivity index (χ0n) is 10.2. The molecule has 0 fully saturated rings. The summed E-state index contributed by atoms with van der Waals surface area (Å²) < 4.78 is 26.5. The highest BCUT2D eigenvalue weighted by Gasteiger charge is 2.15. The molecule has 0 aliphatic carbocycles. The fourth-order valence-electron chi connectivity index (χ4n) is 1.37. The monoisotopic (exact) mass is 279 g/mol. The maximum absolute atomic E-state index is 12.0. The topological polar surface area (TPSA) is 110 Å². The summed E-state index contributed by atoms with van der Waals surface area (Å²) in [5.41, 5.74) is 3.75. The Morgan fingerprint density at radius 2 is 1.68 bits per heavy atom. The van der Waals surface area contributed by atoms with Crippen molar-refractivity contribution in [1.29, 1.82) is 0 Å². The molecule has 0 saturated heterocycles. The van der Waals surface area contributed by atoms with E-state index in [1.807, 2.05) is 19.1 Å². The molecule has 0 aliphatic heterocycles. The van der Waals surface area contributed by atoms with E-state index < -0.39 is 10.0 Å². The number of aromatic nitrogens is 2. The molecule has 0 spiro atoms. The Kier molecular flexibility index (Phi) is 3.63. The Hall–Kier alpha value is -2.19. The Bertz CT molecular complexity index is 652. The molecule has 2 rings (SSSR count). The minimum Gasteiger partial charge on any atom is -0.292 e. The first-order valence-electron chi connectivity index (χ1n) is 5.39. The SMILES string of the molecule is Cc1ccc(NS(=O)(=O)c2cnc(NN)nc2)cc1. The van der Waals surface area contributed by atoms with E-state index in [4.69, 9.17) is 5.84 Å². The fourth-order valence-corrected chi connectivity index (χ4v) is 2.31. The highest BCUT2D eigenvalue weighted by atomic mass is 32.2. The van der Waals surface area contributed by atoms with E-state index in [-0.39, 0.29) is 10.8 Å². The molecule has 0 amide bonds. The smallest absolute Gasteiger partial charge is 0.264 e. The van der Waals surface area contributed by atoms with Gasteiger partial charge < -0.3 is 0 Å². The zero-order valence-corrected chi connectivity index (χ0v) is 11.0. The molecule has 0 aliphatic rings. The van der Waals surface area contributed by atoms with Crippen LogP contribution in [0.15, 0.2) is 41.6 Å². The fraction of sp³-hybridized carbons (Fsp3) is 0.0909.